The highest BCUT2D eigenvalue weighted by Gasteiger charge is 2.18. The smallest absolute Gasteiger partial charge is 0.287 e. The van der Waals surface area contributed by atoms with Crippen molar-refractivity contribution >= 4 is 49.7 Å². The molecule has 8 nitrogen and oxygen atoms in total. The van der Waals surface area contributed by atoms with E-state index in [-0.39, 0.29) is 5.91 Å². The highest BCUT2D eigenvalue weighted by molar-refractivity contribution is 7.22. The average Bonchev–Trinajstić information content (AvgIpc) is 3.58. The van der Waals surface area contributed by atoms with E-state index in [2.05, 4.69) is 61.8 Å². The number of anilines is 2. The van der Waals surface area contributed by atoms with Gasteiger partial charge in [-0.25, -0.2) is 4.98 Å². The summed E-state index contributed by atoms with van der Waals surface area (Å²) in [6, 6.07) is 18.1. The zero-order valence-electron chi connectivity index (χ0n) is 19.7. The highest BCUT2D eigenvalue weighted by atomic mass is 32.1. The maximum absolute atomic E-state index is 12.8. The summed E-state index contributed by atoms with van der Waals surface area (Å²) in [5, 5.41) is 7.60. The van der Waals surface area contributed by atoms with E-state index in [1.54, 1.807) is 29.9 Å². The Kier molecular flexibility index (Phi) is 5.46. The summed E-state index contributed by atoms with van der Waals surface area (Å²) in [5.41, 5.74) is 6.79. The van der Waals surface area contributed by atoms with E-state index in [1.165, 1.54) is 5.39 Å². The van der Waals surface area contributed by atoms with Crippen LogP contribution in [0.1, 0.15) is 22.0 Å². The molecule has 0 aliphatic heterocycles. The van der Waals surface area contributed by atoms with Gasteiger partial charge < -0.3 is 20.2 Å². The standard InChI is InChI=1S/C27H23N7OS/c1-16-11-17-12-18(6-7-20(17)32-16)33-21-8-10-29-22-13-24(36-25(21)22)23-15-30-26(34(23)2)27(35)31-14-19-5-3-4-9-28-19/h3-13,15,32H,14H2,1-2H3,(H,29,33)(H,31,35). The third kappa shape index (κ3) is 4.09. The first kappa shape index (κ1) is 22.0. The summed E-state index contributed by atoms with van der Waals surface area (Å²) in [4.78, 5) is 30.3. The van der Waals surface area contributed by atoms with Gasteiger partial charge in [0.15, 0.2) is 5.82 Å². The Labute approximate surface area is 211 Å². The number of thiophene rings is 1. The largest absolute Gasteiger partial charge is 0.359 e. The van der Waals surface area contributed by atoms with Crippen LogP contribution in [0.4, 0.5) is 11.4 Å². The number of aromatic nitrogens is 5. The van der Waals surface area contributed by atoms with Crippen LogP contribution in [0.2, 0.25) is 0 Å². The molecule has 0 aliphatic rings. The lowest BCUT2D eigenvalue weighted by Gasteiger charge is -2.07. The van der Waals surface area contributed by atoms with Crippen molar-refractivity contribution in [3.05, 3.63) is 90.4 Å². The number of hydrogen-bond donors (Lipinski definition) is 3. The van der Waals surface area contributed by atoms with Gasteiger partial charge in [-0.15, -0.1) is 11.3 Å². The van der Waals surface area contributed by atoms with Gasteiger partial charge in [-0.05, 0) is 55.5 Å². The van der Waals surface area contributed by atoms with E-state index in [0.717, 1.165) is 49.1 Å². The molecule has 0 aliphatic carbocycles. The van der Waals surface area contributed by atoms with Gasteiger partial charge in [-0.1, -0.05) is 6.07 Å². The first-order valence-corrected chi connectivity index (χ1v) is 12.3. The molecule has 6 rings (SSSR count). The Bertz CT molecular complexity index is 1710. The van der Waals surface area contributed by atoms with Gasteiger partial charge in [0.05, 0.1) is 44.9 Å². The van der Waals surface area contributed by atoms with E-state index in [9.17, 15) is 4.79 Å². The zero-order chi connectivity index (χ0) is 24.6. The van der Waals surface area contributed by atoms with Crippen molar-refractivity contribution in [3.63, 3.8) is 0 Å². The Morgan fingerprint density at radius 1 is 1.06 bits per heavy atom. The Hall–Kier alpha value is -4.50. The molecule has 0 radical (unpaired) electrons. The van der Waals surface area contributed by atoms with E-state index < -0.39 is 0 Å². The lowest BCUT2D eigenvalue weighted by atomic mass is 10.2. The van der Waals surface area contributed by atoms with Crippen LogP contribution in [0.15, 0.2) is 73.2 Å². The summed E-state index contributed by atoms with van der Waals surface area (Å²) in [5.74, 6) is 0.103. The third-order valence-electron chi connectivity index (χ3n) is 6.05. The summed E-state index contributed by atoms with van der Waals surface area (Å²) in [6.45, 7) is 2.40. The number of amides is 1. The molecule has 0 saturated heterocycles. The van der Waals surface area contributed by atoms with Crippen LogP contribution in [0.3, 0.4) is 0 Å². The number of hydrogen-bond acceptors (Lipinski definition) is 6. The number of imidazole rings is 1. The molecule has 36 heavy (non-hydrogen) atoms. The molecular formula is C27H23N7OS. The summed E-state index contributed by atoms with van der Waals surface area (Å²) in [7, 11) is 1.85. The third-order valence-corrected chi connectivity index (χ3v) is 7.23. The molecular weight excluding hydrogens is 470 g/mol. The van der Waals surface area contributed by atoms with Gasteiger partial charge in [0.25, 0.3) is 5.91 Å². The topological polar surface area (TPSA) is 101 Å². The number of rotatable bonds is 6. The van der Waals surface area contributed by atoms with E-state index in [0.29, 0.717) is 12.4 Å². The number of fused-ring (bicyclic) bond motifs is 2. The van der Waals surface area contributed by atoms with Gasteiger partial charge >= 0.3 is 0 Å². The van der Waals surface area contributed by atoms with E-state index >= 15 is 0 Å². The van der Waals surface area contributed by atoms with Crippen molar-refractivity contribution in [3.8, 4) is 10.6 Å². The number of nitrogens with one attached hydrogen (secondary N) is 3. The molecule has 0 bridgehead atoms. The Morgan fingerprint density at radius 3 is 2.83 bits per heavy atom. The van der Waals surface area contributed by atoms with Gasteiger partial charge in [0, 0.05) is 41.7 Å². The molecule has 5 aromatic heterocycles. The van der Waals surface area contributed by atoms with Gasteiger partial charge in [-0.3, -0.25) is 14.8 Å². The minimum atomic E-state index is -0.244. The molecule has 0 unspecified atom stereocenters. The van der Waals surface area contributed by atoms with Crippen LogP contribution in [-0.4, -0.2) is 30.4 Å². The van der Waals surface area contributed by atoms with Gasteiger partial charge in [0.1, 0.15) is 0 Å². The molecule has 5 heterocycles. The minimum absolute atomic E-state index is 0.244. The van der Waals surface area contributed by atoms with Crippen molar-refractivity contribution in [2.24, 2.45) is 7.05 Å². The predicted molar refractivity (Wildman–Crippen MR) is 144 cm³/mol. The Balaban J connectivity index is 1.26. The number of aromatic amines is 1. The second-order valence-corrected chi connectivity index (χ2v) is 9.64. The normalized spacial score (nSPS) is 11.3. The Morgan fingerprint density at radius 2 is 1.97 bits per heavy atom. The molecule has 178 valence electrons. The molecule has 9 heteroatoms. The maximum Gasteiger partial charge on any atom is 0.287 e. The number of H-pyrrole nitrogens is 1. The number of pyridine rings is 2. The lowest BCUT2D eigenvalue weighted by Crippen LogP contribution is -2.26. The van der Waals surface area contributed by atoms with Gasteiger partial charge in [0.2, 0.25) is 0 Å². The van der Waals surface area contributed by atoms with E-state index in [4.69, 9.17) is 0 Å². The van der Waals surface area contributed by atoms with E-state index in [1.807, 2.05) is 41.9 Å². The quantitative estimate of drug-likeness (QED) is 0.282. The number of carbonyl (C=O) groups excluding carboxylic acids is 1. The maximum atomic E-state index is 12.8. The molecule has 0 spiro atoms. The fourth-order valence-electron chi connectivity index (χ4n) is 4.28. The van der Waals surface area contributed by atoms with Crippen LogP contribution < -0.4 is 10.6 Å². The second kappa shape index (κ2) is 8.94. The fourth-order valence-corrected chi connectivity index (χ4v) is 5.41. The van der Waals surface area contributed by atoms with Crippen molar-refractivity contribution < 1.29 is 4.79 Å². The van der Waals surface area contributed by atoms with Crippen molar-refractivity contribution in [1.29, 1.82) is 0 Å². The van der Waals surface area contributed by atoms with Crippen LogP contribution in [0.25, 0.3) is 31.7 Å². The molecule has 6 aromatic rings. The highest BCUT2D eigenvalue weighted by Crippen LogP contribution is 2.37. The molecule has 1 amide bonds. The molecule has 0 atom stereocenters. The van der Waals surface area contributed by atoms with Crippen molar-refractivity contribution in [1.82, 2.24) is 29.8 Å². The fraction of sp³-hybridized carbons (Fsp3) is 0.111. The first-order chi connectivity index (χ1) is 17.5. The average molecular weight is 494 g/mol. The van der Waals surface area contributed by atoms with Crippen molar-refractivity contribution in [2.45, 2.75) is 13.5 Å². The predicted octanol–water partition coefficient (Wildman–Crippen LogP) is 5.56. The van der Waals surface area contributed by atoms with Gasteiger partial charge in [-0.2, -0.15) is 0 Å². The molecule has 0 saturated carbocycles. The summed E-state index contributed by atoms with van der Waals surface area (Å²) >= 11 is 1.62. The summed E-state index contributed by atoms with van der Waals surface area (Å²) < 4.78 is 2.86. The second-order valence-electron chi connectivity index (χ2n) is 8.59. The zero-order valence-corrected chi connectivity index (χ0v) is 20.6. The molecule has 1 aromatic carbocycles. The number of benzene rings is 1. The lowest BCUT2D eigenvalue weighted by molar-refractivity contribution is 0.0937. The van der Waals surface area contributed by atoms with Crippen LogP contribution in [0, 0.1) is 6.92 Å². The molecule has 0 fully saturated rings. The SMILES string of the molecule is Cc1cc2cc(Nc3ccnc4cc(-c5cnc(C(=O)NCc6ccccn6)n5C)sc34)ccc2[nH]1. The number of nitrogens with zero attached hydrogens (tertiary/aromatic N) is 4. The van der Waals surface area contributed by atoms with Crippen LogP contribution in [-0.2, 0) is 13.6 Å². The van der Waals surface area contributed by atoms with Crippen LogP contribution in [0.5, 0.6) is 0 Å². The van der Waals surface area contributed by atoms with Crippen LogP contribution >= 0.6 is 11.3 Å². The number of carbonyl (C=O) groups is 1. The monoisotopic (exact) mass is 493 g/mol. The number of aryl methyl sites for hydroxylation is 1. The summed E-state index contributed by atoms with van der Waals surface area (Å²) in [6.07, 6.45) is 5.24. The van der Waals surface area contributed by atoms with Crippen molar-refractivity contribution in [2.75, 3.05) is 5.32 Å². The minimum Gasteiger partial charge on any atom is -0.359 e. The first-order valence-electron chi connectivity index (χ1n) is 11.5. The molecule has 3 N–H and O–H groups in total.